The average Bonchev–Trinajstić information content (AvgIpc) is 3.00. The van der Waals surface area contributed by atoms with Crippen LogP contribution >= 0.6 is 11.6 Å². The average molecular weight is 409 g/mol. The fourth-order valence-corrected chi connectivity index (χ4v) is 2.72. The predicted octanol–water partition coefficient (Wildman–Crippen LogP) is 2.97. The molecule has 0 aliphatic rings. The maximum Gasteiger partial charge on any atom is 0.356 e. The normalized spacial score (nSPS) is 12.0. The number of carbonyl (C=O) groups is 2. The van der Waals surface area contributed by atoms with Crippen molar-refractivity contribution >= 4 is 40.6 Å². The van der Waals surface area contributed by atoms with Gasteiger partial charge in [0.2, 0.25) is 5.95 Å². The van der Waals surface area contributed by atoms with Crippen LogP contribution in [0.25, 0.3) is 5.65 Å². The second kappa shape index (κ2) is 7.74. The number of rotatable bonds is 5. The van der Waals surface area contributed by atoms with Crippen molar-refractivity contribution in [3.05, 3.63) is 46.9 Å². The highest BCUT2D eigenvalue weighted by atomic mass is 35.5. The lowest BCUT2D eigenvalue weighted by Gasteiger charge is -2.17. The number of nitrogens with zero attached hydrogens (tertiary/aromatic N) is 4. The number of nitrogens with one attached hydrogen (secondary N) is 2. The van der Waals surface area contributed by atoms with E-state index in [1.165, 1.54) is 23.9 Å². The minimum absolute atomic E-state index is 0.130. The molecule has 0 fully saturated rings. The Balaban J connectivity index is 1.87. The molecule has 28 heavy (non-hydrogen) atoms. The summed E-state index contributed by atoms with van der Waals surface area (Å²) in [6.45, 7) is 1.70. The monoisotopic (exact) mass is 408 g/mol. The van der Waals surface area contributed by atoms with Gasteiger partial charge >= 0.3 is 12.0 Å². The number of carboxylic acids is 1. The van der Waals surface area contributed by atoms with Crippen LogP contribution in [0, 0.1) is 5.95 Å². The first-order valence-corrected chi connectivity index (χ1v) is 8.21. The molecule has 0 saturated carbocycles. The number of pyridine rings is 1. The van der Waals surface area contributed by atoms with E-state index >= 15 is 0 Å². The van der Waals surface area contributed by atoms with Crippen molar-refractivity contribution in [3.8, 4) is 0 Å². The summed E-state index contributed by atoms with van der Waals surface area (Å²) in [7, 11) is 1.46. The van der Waals surface area contributed by atoms with Crippen LogP contribution < -0.4 is 10.6 Å². The van der Waals surface area contributed by atoms with E-state index in [0.717, 1.165) is 12.3 Å². The Kier molecular flexibility index (Phi) is 5.38. The molecule has 3 aromatic rings. The molecule has 0 aliphatic carbocycles. The number of anilines is 2. The highest BCUT2D eigenvalue weighted by Crippen LogP contribution is 2.26. The number of urea groups is 1. The van der Waals surface area contributed by atoms with Gasteiger partial charge in [-0.2, -0.15) is 4.39 Å². The highest BCUT2D eigenvalue weighted by Gasteiger charge is 2.19. The third-order valence-corrected chi connectivity index (χ3v) is 4.07. The van der Waals surface area contributed by atoms with E-state index in [1.54, 1.807) is 6.92 Å². The maximum atomic E-state index is 13.5. The fourth-order valence-electron chi connectivity index (χ4n) is 2.47. The quantitative estimate of drug-likeness (QED) is 0.591. The number of hydrogen-bond donors (Lipinski definition) is 3. The molecular weight excluding hydrogens is 395 g/mol. The molecule has 10 nitrogen and oxygen atoms in total. The molecule has 3 N–H and O–H groups in total. The zero-order valence-corrected chi connectivity index (χ0v) is 15.4. The summed E-state index contributed by atoms with van der Waals surface area (Å²) >= 11 is 5.83. The van der Waals surface area contributed by atoms with Crippen molar-refractivity contribution < 1.29 is 23.8 Å². The van der Waals surface area contributed by atoms with E-state index in [-0.39, 0.29) is 27.7 Å². The van der Waals surface area contributed by atoms with Gasteiger partial charge in [-0.05, 0) is 13.0 Å². The van der Waals surface area contributed by atoms with Gasteiger partial charge in [-0.1, -0.05) is 11.6 Å². The Morgan fingerprint density at radius 1 is 1.29 bits per heavy atom. The summed E-state index contributed by atoms with van der Waals surface area (Å²) in [5, 5.41) is 17.6. The molecule has 3 rings (SSSR count). The molecule has 0 radical (unpaired) electrons. The van der Waals surface area contributed by atoms with Gasteiger partial charge in [0.05, 0.1) is 40.6 Å². The summed E-state index contributed by atoms with van der Waals surface area (Å²) in [5.74, 6) is -2.01. The van der Waals surface area contributed by atoms with Gasteiger partial charge in [-0.25, -0.2) is 24.1 Å². The van der Waals surface area contributed by atoms with Crippen molar-refractivity contribution in [3.63, 3.8) is 0 Å². The minimum atomic E-state index is -1.29. The standard InChI is InChI=1S/C16H14ClFN6O4/c1-7(28-2)14-10(6-19-12-4-11(18)23-24(12)14)22-16(27)21-8-3-9(17)13(15(25)26)20-5-8/h3-7H,1-2H3,(H,25,26)(H2,21,22,27). The summed E-state index contributed by atoms with van der Waals surface area (Å²) in [4.78, 5) is 31.0. The number of aromatic nitrogens is 4. The van der Waals surface area contributed by atoms with E-state index in [2.05, 4.69) is 25.7 Å². The van der Waals surface area contributed by atoms with Crippen molar-refractivity contribution in [2.24, 2.45) is 0 Å². The Bertz CT molecular complexity index is 1070. The van der Waals surface area contributed by atoms with Crippen LogP contribution in [-0.2, 0) is 4.74 Å². The third-order valence-electron chi connectivity index (χ3n) is 3.78. The first-order valence-electron chi connectivity index (χ1n) is 7.84. The number of methoxy groups -OCH3 is 1. The number of aromatic carboxylic acids is 1. The van der Waals surface area contributed by atoms with Crippen molar-refractivity contribution in [1.29, 1.82) is 0 Å². The van der Waals surface area contributed by atoms with Crippen LogP contribution in [-0.4, -0.2) is 43.8 Å². The van der Waals surface area contributed by atoms with Crippen LogP contribution in [0.15, 0.2) is 24.5 Å². The Labute approximate surface area is 162 Å². The first kappa shape index (κ1) is 19.5. The molecule has 0 aliphatic heterocycles. The molecule has 0 spiro atoms. The van der Waals surface area contributed by atoms with Gasteiger partial charge in [0, 0.05) is 13.2 Å². The van der Waals surface area contributed by atoms with E-state index < -0.39 is 24.1 Å². The summed E-state index contributed by atoms with van der Waals surface area (Å²) in [5.41, 5.74) is 0.711. The second-order valence-corrected chi connectivity index (χ2v) is 6.02. The lowest BCUT2D eigenvalue weighted by Crippen LogP contribution is -2.22. The van der Waals surface area contributed by atoms with Crippen molar-refractivity contribution in [2.45, 2.75) is 13.0 Å². The molecule has 3 aromatic heterocycles. The number of amides is 2. The Morgan fingerprint density at radius 2 is 2.04 bits per heavy atom. The van der Waals surface area contributed by atoms with Gasteiger partial charge in [0.1, 0.15) is 0 Å². The highest BCUT2D eigenvalue weighted by molar-refractivity contribution is 6.33. The van der Waals surface area contributed by atoms with E-state index in [9.17, 15) is 14.0 Å². The Hall–Kier alpha value is -3.31. The molecule has 3 heterocycles. The van der Waals surface area contributed by atoms with Gasteiger partial charge in [0.15, 0.2) is 11.3 Å². The SMILES string of the molecule is COC(C)c1c(NC(=O)Nc2cnc(C(=O)O)c(Cl)c2)cnc2cc(F)nn12. The zero-order chi connectivity index (χ0) is 20.4. The van der Waals surface area contributed by atoms with E-state index in [1.807, 2.05) is 0 Å². The number of hydrogen-bond acceptors (Lipinski definition) is 6. The van der Waals surface area contributed by atoms with Crippen LogP contribution in [0.3, 0.4) is 0 Å². The van der Waals surface area contributed by atoms with E-state index in [0.29, 0.717) is 5.69 Å². The molecule has 0 saturated heterocycles. The van der Waals surface area contributed by atoms with Crippen molar-refractivity contribution in [1.82, 2.24) is 19.6 Å². The molecule has 0 aromatic carbocycles. The number of halogens is 2. The topological polar surface area (TPSA) is 131 Å². The third kappa shape index (κ3) is 3.85. The van der Waals surface area contributed by atoms with Gasteiger partial charge in [-0.3, -0.25) is 0 Å². The Morgan fingerprint density at radius 3 is 2.68 bits per heavy atom. The second-order valence-electron chi connectivity index (χ2n) is 5.61. The van der Waals surface area contributed by atoms with Crippen LogP contribution in [0.5, 0.6) is 0 Å². The van der Waals surface area contributed by atoms with E-state index in [4.69, 9.17) is 21.4 Å². The largest absolute Gasteiger partial charge is 0.476 e. The lowest BCUT2D eigenvalue weighted by atomic mass is 10.2. The molecule has 1 unspecified atom stereocenters. The number of carbonyl (C=O) groups excluding carboxylic acids is 1. The van der Waals surface area contributed by atoms with Gasteiger partial charge in [0.25, 0.3) is 0 Å². The molecule has 1 atom stereocenters. The van der Waals surface area contributed by atoms with Crippen LogP contribution in [0.1, 0.15) is 29.2 Å². The van der Waals surface area contributed by atoms with Crippen LogP contribution in [0.4, 0.5) is 20.6 Å². The number of carboxylic acid groups (broad SMARTS) is 1. The first-order chi connectivity index (χ1) is 13.3. The predicted molar refractivity (Wildman–Crippen MR) is 97.2 cm³/mol. The number of ether oxygens (including phenoxy) is 1. The molecule has 2 amide bonds. The minimum Gasteiger partial charge on any atom is -0.476 e. The molecule has 0 bridgehead atoms. The lowest BCUT2D eigenvalue weighted by molar-refractivity contribution is 0.0690. The van der Waals surface area contributed by atoms with Crippen LogP contribution in [0.2, 0.25) is 5.02 Å². The molecule has 12 heteroatoms. The summed E-state index contributed by atoms with van der Waals surface area (Å²) < 4.78 is 20.0. The van der Waals surface area contributed by atoms with Crippen molar-refractivity contribution in [2.75, 3.05) is 17.7 Å². The van der Waals surface area contributed by atoms with Gasteiger partial charge in [-0.15, -0.1) is 5.10 Å². The maximum absolute atomic E-state index is 13.5. The zero-order valence-electron chi connectivity index (χ0n) is 14.6. The smallest absolute Gasteiger partial charge is 0.356 e. The molecular formula is C16H14ClFN6O4. The fraction of sp³-hybridized carbons (Fsp3) is 0.188. The summed E-state index contributed by atoms with van der Waals surface area (Å²) in [6.07, 6.45) is 1.96. The van der Waals surface area contributed by atoms with Gasteiger partial charge < -0.3 is 20.5 Å². The molecule has 146 valence electrons. The summed E-state index contributed by atoms with van der Waals surface area (Å²) in [6, 6.07) is 1.72. The number of fused-ring (bicyclic) bond motifs is 1.